The van der Waals surface area contributed by atoms with E-state index in [9.17, 15) is 4.79 Å². The van der Waals surface area contributed by atoms with Crippen molar-refractivity contribution >= 4 is 17.3 Å². The Labute approximate surface area is 154 Å². The van der Waals surface area contributed by atoms with Crippen LogP contribution in [0.15, 0.2) is 42.5 Å². The van der Waals surface area contributed by atoms with E-state index in [0.717, 1.165) is 11.4 Å². The molecule has 2 aromatic carbocycles. The molecular formula is C21H26N2O3. The number of anilines is 2. The van der Waals surface area contributed by atoms with Crippen LogP contribution in [0, 0.1) is 0 Å². The summed E-state index contributed by atoms with van der Waals surface area (Å²) in [4.78, 5) is 12.7. The molecular weight excluding hydrogens is 328 g/mol. The summed E-state index contributed by atoms with van der Waals surface area (Å²) in [5, 5.41) is 6.49. The Hall–Kier alpha value is -2.69. The molecule has 0 unspecified atom stereocenters. The van der Waals surface area contributed by atoms with Crippen LogP contribution in [0.2, 0.25) is 0 Å². The normalized spacial score (nSPS) is 14.5. The summed E-state index contributed by atoms with van der Waals surface area (Å²) >= 11 is 0. The van der Waals surface area contributed by atoms with Crippen LogP contribution in [0.1, 0.15) is 42.5 Å². The highest BCUT2D eigenvalue weighted by atomic mass is 16.5. The topological polar surface area (TPSA) is 59.6 Å². The first kappa shape index (κ1) is 18.1. The molecule has 1 aliphatic carbocycles. The van der Waals surface area contributed by atoms with Gasteiger partial charge in [0.2, 0.25) is 0 Å². The van der Waals surface area contributed by atoms with Gasteiger partial charge in [-0.05, 0) is 49.2 Å². The van der Waals surface area contributed by atoms with Gasteiger partial charge in [-0.1, -0.05) is 25.3 Å². The van der Waals surface area contributed by atoms with Crippen LogP contribution in [-0.2, 0) is 0 Å². The van der Waals surface area contributed by atoms with E-state index in [4.69, 9.17) is 9.47 Å². The number of benzene rings is 2. The quantitative estimate of drug-likeness (QED) is 0.789. The first-order chi connectivity index (χ1) is 12.7. The minimum absolute atomic E-state index is 0.257. The second kappa shape index (κ2) is 8.61. The van der Waals surface area contributed by atoms with Gasteiger partial charge in [0.05, 0.1) is 14.2 Å². The third kappa shape index (κ3) is 4.28. The van der Waals surface area contributed by atoms with Crippen molar-refractivity contribution in [3.8, 4) is 11.5 Å². The number of rotatable bonds is 6. The highest BCUT2D eigenvalue weighted by molar-refractivity contribution is 6.08. The van der Waals surface area contributed by atoms with Gasteiger partial charge in [-0.3, -0.25) is 4.79 Å². The van der Waals surface area contributed by atoms with Gasteiger partial charge < -0.3 is 20.1 Å². The molecule has 0 bridgehead atoms. The molecule has 1 aliphatic rings. The molecule has 1 fully saturated rings. The summed E-state index contributed by atoms with van der Waals surface area (Å²) in [5.74, 6) is 0.710. The van der Waals surface area contributed by atoms with Crippen molar-refractivity contribution in [3.63, 3.8) is 0 Å². The van der Waals surface area contributed by atoms with Crippen LogP contribution in [0.25, 0.3) is 0 Å². The van der Waals surface area contributed by atoms with Crippen molar-refractivity contribution in [1.29, 1.82) is 0 Å². The highest BCUT2D eigenvalue weighted by Crippen LogP contribution is 2.29. The third-order valence-corrected chi connectivity index (χ3v) is 4.77. The van der Waals surface area contributed by atoms with Crippen LogP contribution >= 0.6 is 0 Å². The molecule has 3 rings (SSSR count). The number of methoxy groups -OCH3 is 2. The number of ether oxygens (including phenoxy) is 2. The molecule has 0 heterocycles. The fourth-order valence-electron chi connectivity index (χ4n) is 3.40. The summed E-state index contributed by atoms with van der Waals surface area (Å²) in [7, 11) is 3.08. The van der Waals surface area contributed by atoms with E-state index in [1.165, 1.54) is 46.3 Å². The van der Waals surface area contributed by atoms with Crippen molar-refractivity contribution in [2.75, 3.05) is 24.9 Å². The van der Waals surface area contributed by atoms with Crippen molar-refractivity contribution < 1.29 is 14.3 Å². The molecule has 5 heteroatoms. The predicted molar refractivity (Wildman–Crippen MR) is 104 cm³/mol. The molecule has 0 radical (unpaired) electrons. The fourth-order valence-corrected chi connectivity index (χ4v) is 3.40. The van der Waals surface area contributed by atoms with Gasteiger partial charge in [0.15, 0.2) is 0 Å². The lowest BCUT2D eigenvalue weighted by atomic mass is 9.95. The summed E-state index contributed by atoms with van der Waals surface area (Å²) in [6.45, 7) is 0. The van der Waals surface area contributed by atoms with Gasteiger partial charge >= 0.3 is 0 Å². The number of amides is 1. The zero-order valence-electron chi connectivity index (χ0n) is 15.4. The number of nitrogens with one attached hydrogen (secondary N) is 2. The van der Waals surface area contributed by atoms with Gasteiger partial charge in [-0.15, -0.1) is 0 Å². The van der Waals surface area contributed by atoms with Crippen molar-refractivity contribution in [1.82, 2.24) is 0 Å². The monoisotopic (exact) mass is 354 g/mol. The minimum atomic E-state index is -0.257. The third-order valence-electron chi connectivity index (χ3n) is 4.77. The average Bonchev–Trinajstić information content (AvgIpc) is 2.69. The SMILES string of the molecule is COc1cccc(OC)c1C(=O)Nc1ccc(NC2CCCCC2)cc1. The second-order valence-electron chi connectivity index (χ2n) is 6.55. The Bertz CT molecular complexity index is 715. The van der Waals surface area contributed by atoms with E-state index < -0.39 is 0 Å². The number of carbonyl (C=O) groups excluding carboxylic acids is 1. The number of carbonyl (C=O) groups is 1. The zero-order valence-corrected chi connectivity index (χ0v) is 15.4. The first-order valence-electron chi connectivity index (χ1n) is 9.10. The van der Waals surface area contributed by atoms with Gasteiger partial charge in [0.1, 0.15) is 17.1 Å². The van der Waals surface area contributed by atoms with Crippen LogP contribution in [0.5, 0.6) is 11.5 Å². The molecule has 0 aromatic heterocycles. The molecule has 0 atom stereocenters. The van der Waals surface area contributed by atoms with Crippen LogP contribution in [0.3, 0.4) is 0 Å². The molecule has 2 aromatic rings. The molecule has 138 valence electrons. The molecule has 5 nitrogen and oxygen atoms in total. The lowest BCUT2D eigenvalue weighted by Crippen LogP contribution is -2.22. The Balaban J connectivity index is 1.68. The van der Waals surface area contributed by atoms with Gasteiger partial charge in [0, 0.05) is 17.4 Å². The van der Waals surface area contributed by atoms with E-state index in [2.05, 4.69) is 10.6 Å². The molecule has 1 amide bonds. The summed E-state index contributed by atoms with van der Waals surface area (Å²) in [6.07, 6.45) is 6.40. The maximum Gasteiger partial charge on any atom is 0.263 e. The Kier molecular flexibility index (Phi) is 6.00. The lowest BCUT2D eigenvalue weighted by molar-refractivity contribution is 0.102. The standard InChI is InChI=1S/C21H26N2O3/c1-25-18-9-6-10-19(26-2)20(18)21(24)23-17-13-11-16(12-14-17)22-15-7-4-3-5-8-15/h6,9-15,22H,3-5,7-8H2,1-2H3,(H,23,24). The molecule has 0 saturated heterocycles. The minimum Gasteiger partial charge on any atom is -0.496 e. The van der Waals surface area contributed by atoms with Crippen molar-refractivity contribution in [3.05, 3.63) is 48.0 Å². The molecule has 26 heavy (non-hydrogen) atoms. The predicted octanol–water partition coefficient (Wildman–Crippen LogP) is 4.70. The van der Waals surface area contributed by atoms with E-state index in [0.29, 0.717) is 23.1 Å². The van der Waals surface area contributed by atoms with E-state index in [1.807, 2.05) is 24.3 Å². The molecule has 2 N–H and O–H groups in total. The van der Waals surface area contributed by atoms with Crippen LogP contribution in [-0.4, -0.2) is 26.2 Å². The Morgan fingerprint density at radius 1 is 0.885 bits per heavy atom. The van der Waals surface area contributed by atoms with E-state index >= 15 is 0 Å². The van der Waals surface area contributed by atoms with Crippen LogP contribution in [0.4, 0.5) is 11.4 Å². The zero-order chi connectivity index (χ0) is 18.4. The lowest BCUT2D eigenvalue weighted by Gasteiger charge is -2.24. The van der Waals surface area contributed by atoms with E-state index in [1.54, 1.807) is 18.2 Å². The summed E-state index contributed by atoms with van der Waals surface area (Å²) < 4.78 is 10.6. The maximum atomic E-state index is 12.7. The Morgan fingerprint density at radius 3 is 2.04 bits per heavy atom. The molecule has 1 saturated carbocycles. The number of hydrogen-bond donors (Lipinski definition) is 2. The smallest absolute Gasteiger partial charge is 0.263 e. The molecule has 0 spiro atoms. The van der Waals surface area contributed by atoms with Crippen molar-refractivity contribution in [2.45, 2.75) is 38.1 Å². The van der Waals surface area contributed by atoms with Gasteiger partial charge in [-0.2, -0.15) is 0 Å². The second-order valence-corrected chi connectivity index (χ2v) is 6.55. The van der Waals surface area contributed by atoms with Crippen molar-refractivity contribution in [2.24, 2.45) is 0 Å². The number of hydrogen-bond acceptors (Lipinski definition) is 4. The summed E-state index contributed by atoms with van der Waals surface area (Å²) in [5.41, 5.74) is 2.21. The van der Waals surface area contributed by atoms with E-state index in [-0.39, 0.29) is 5.91 Å². The van der Waals surface area contributed by atoms with Gasteiger partial charge in [0.25, 0.3) is 5.91 Å². The average molecular weight is 354 g/mol. The van der Waals surface area contributed by atoms with Gasteiger partial charge in [-0.25, -0.2) is 0 Å². The highest BCUT2D eigenvalue weighted by Gasteiger charge is 2.18. The first-order valence-corrected chi connectivity index (χ1v) is 9.10. The largest absolute Gasteiger partial charge is 0.496 e. The fraction of sp³-hybridized carbons (Fsp3) is 0.381. The maximum absolute atomic E-state index is 12.7. The van der Waals surface area contributed by atoms with Crippen LogP contribution < -0.4 is 20.1 Å². The molecule has 0 aliphatic heterocycles. The Morgan fingerprint density at radius 2 is 1.46 bits per heavy atom. The summed E-state index contributed by atoms with van der Waals surface area (Å²) in [6, 6.07) is 13.7.